The molecular formula is C16H27N5O. The van der Waals surface area contributed by atoms with Crippen LogP contribution in [0.2, 0.25) is 0 Å². The first kappa shape index (κ1) is 15.5. The Hall–Kier alpha value is -1.40. The van der Waals surface area contributed by atoms with E-state index in [0.717, 1.165) is 37.6 Å². The maximum absolute atomic E-state index is 13.0. The number of nitrogens with zero attached hydrogens (tertiary/aromatic N) is 2. The molecule has 3 rings (SSSR count). The fraction of sp³-hybridized carbons (Fsp3) is 0.750. The Morgan fingerprint density at radius 3 is 2.55 bits per heavy atom. The van der Waals surface area contributed by atoms with Crippen LogP contribution >= 0.6 is 0 Å². The van der Waals surface area contributed by atoms with E-state index in [1.54, 1.807) is 0 Å². The first-order valence-electron chi connectivity index (χ1n) is 8.05. The van der Waals surface area contributed by atoms with Crippen molar-refractivity contribution < 1.29 is 4.79 Å². The molecule has 0 spiro atoms. The lowest BCUT2D eigenvalue weighted by molar-refractivity contribution is -0.140. The highest BCUT2D eigenvalue weighted by Gasteiger charge is 2.52. The lowest BCUT2D eigenvalue weighted by Crippen LogP contribution is -2.47. The van der Waals surface area contributed by atoms with Gasteiger partial charge in [0.25, 0.3) is 0 Å². The van der Waals surface area contributed by atoms with E-state index in [-0.39, 0.29) is 16.7 Å². The van der Waals surface area contributed by atoms with Crippen LogP contribution in [-0.2, 0) is 16.8 Å². The Morgan fingerprint density at radius 2 is 2.00 bits per heavy atom. The molecule has 0 aliphatic carbocycles. The molecule has 0 unspecified atom stereocenters. The molecule has 0 radical (unpaired) electrons. The maximum Gasteiger partial charge on any atom is 0.231 e. The van der Waals surface area contributed by atoms with E-state index in [2.05, 4.69) is 47.7 Å². The predicted molar refractivity (Wildman–Crippen MR) is 85.4 cm³/mol. The molecule has 0 saturated carbocycles. The zero-order valence-corrected chi connectivity index (χ0v) is 14.0. The van der Waals surface area contributed by atoms with Crippen LogP contribution < -0.4 is 10.6 Å². The minimum absolute atomic E-state index is 0.0197. The smallest absolute Gasteiger partial charge is 0.231 e. The molecule has 0 aromatic carbocycles. The summed E-state index contributed by atoms with van der Waals surface area (Å²) in [5, 5.41) is 14.2. The number of carbonyl (C=O) groups excluding carboxylic acids is 1. The molecule has 0 bridgehead atoms. The Morgan fingerprint density at radius 1 is 1.36 bits per heavy atom. The molecule has 22 heavy (non-hydrogen) atoms. The van der Waals surface area contributed by atoms with E-state index in [1.807, 2.05) is 11.9 Å². The first-order chi connectivity index (χ1) is 10.3. The average molecular weight is 305 g/mol. The van der Waals surface area contributed by atoms with Gasteiger partial charge < -0.3 is 15.5 Å². The summed E-state index contributed by atoms with van der Waals surface area (Å²) in [6.45, 7) is 10.4. The minimum Gasteiger partial charge on any atom is -0.339 e. The number of nitrogens with one attached hydrogen (secondary N) is 3. The van der Waals surface area contributed by atoms with E-state index in [0.29, 0.717) is 12.5 Å². The third kappa shape index (κ3) is 2.54. The van der Waals surface area contributed by atoms with Crippen LogP contribution in [0.25, 0.3) is 0 Å². The molecule has 122 valence electrons. The highest BCUT2D eigenvalue weighted by atomic mass is 16.2. The van der Waals surface area contributed by atoms with Gasteiger partial charge in [0, 0.05) is 44.6 Å². The Labute approximate surface area is 132 Å². The molecular weight excluding hydrogens is 278 g/mol. The van der Waals surface area contributed by atoms with Gasteiger partial charge >= 0.3 is 0 Å². The van der Waals surface area contributed by atoms with Gasteiger partial charge in [-0.2, -0.15) is 5.10 Å². The fourth-order valence-corrected chi connectivity index (χ4v) is 3.61. The second-order valence-corrected chi connectivity index (χ2v) is 7.80. The largest absolute Gasteiger partial charge is 0.339 e. The summed E-state index contributed by atoms with van der Waals surface area (Å²) in [5.74, 6) is 0.647. The van der Waals surface area contributed by atoms with Crippen molar-refractivity contribution in [1.82, 2.24) is 25.7 Å². The lowest BCUT2D eigenvalue weighted by Gasteiger charge is -2.31. The molecule has 2 aliphatic rings. The standard InChI is InChI=1S/C16H27N5O/c1-15(2,3)13-5-12(19-20-13)8-21(4)14(22)16-9-17-6-11(16)7-18-10-16/h5,11,17-18H,6-10H2,1-4H3,(H,19,20). The van der Waals surface area contributed by atoms with E-state index in [9.17, 15) is 4.79 Å². The second kappa shape index (κ2) is 5.35. The summed E-state index contributed by atoms with van der Waals surface area (Å²) in [5.41, 5.74) is 1.78. The SMILES string of the molecule is CN(Cc1cc(C(C)(C)C)n[nH]1)C(=O)C12CNCC1CNC2. The number of H-pyrrole nitrogens is 1. The average Bonchev–Trinajstić information content (AvgIpc) is 3.10. The summed E-state index contributed by atoms with van der Waals surface area (Å²) in [7, 11) is 1.89. The summed E-state index contributed by atoms with van der Waals surface area (Å²) in [4.78, 5) is 14.8. The van der Waals surface area contributed by atoms with Gasteiger partial charge in [0.05, 0.1) is 23.3 Å². The molecule has 2 aliphatic heterocycles. The maximum atomic E-state index is 13.0. The molecule has 1 aromatic rings. The van der Waals surface area contributed by atoms with E-state index >= 15 is 0 Å². The van der Waals surface area contributed by atoms with Crippen molar-refractivity contribution in [2.24, 2.45) is 11.3 Å². The van der Waals surface area contributed by atoms with Gasteiger partial charge in [-0.3, -0.25) is 9.89 Å². The highest BCUT2D eigenvalue weighted by molar-refractivity contribution is 5.84. The van der Waals surface area contributed by atoms with Gasteiger partial charge in [-0.1, -0.05) is 20.8 Å². The number of rotatable bonds is 3. The Kier molecular flexibility index (Phi) is 3.77. The summed E-state index contributed by atoms with van der Waals surface area (Å²) >= 11 is 0. The quantitative estimate of drug-likeness (QED) is 0.759. The molecule has 2 fully saturated rings. The second-order valence-electron chi connectivity index (χ2n) is 7.80. The van der Waals surface area contributed by atoms with Crippen LogP contribution in [0.3, 0.4) is 0 Å². The Balaban J connectivity index is 1.70. The van der Waals surface area contributed by atoms with Crippen molar-refractivity contribution in [2.75, 3.05) is 33.2 Å². The highest BCUT2D eigenvalue weighted by Crippen LogP contribution is 2.36. The number of fused-ring (bicyclic) bond motifs is 1. The number of hydrogen-bond acceptors (Lipinski definition) is 4. The zero-order chi connectivity index (χ0) is 16.0. The molecule has 6 nitrogen and oxygen atoms in total. The van der Waals surface area contributed by atoms with E-state index in [1.165, 1.54) is 0 Å². The number of hydrogen-bond donors (Lipinski definition) is 3. The molecule has 1 amide bonds. The monoisotopic (exact) mass is 305 g/mol. The van der Waals surface area contributed by atoms with Crippen molar-refractivity contribution in [1.29, 1.82) is 0 Å². The van der Waals surface area contributed by atoms with Crippen LogP contribution in [0.15, 0.2) is 6.07 Å². The van der Waals surface area contributed by atoms with Crippen LogP contribution in [0.5, 0.6) is 0 Å². The molecule has 3 N–H and O–H groups in total. The van der Waals surface area contributed by atoms with Crippen LogP contribution in [0.4, 0.5) is 0 Å². The Bertz CT molecular complexity index is 549. The molecule has 6 heteroatoms. The van der Waals surface area contributed by atoms with E-state index in [4.69, 9.17) is 0 Å². The minimum atomic E-state index is -0.262. The molecule has 3 heterocycles. The van der Waals surface area contributed by atoms with Crippen molar-refractivity contribution >= 4 is 5.91 Å². The van der Waals surface area contributed by atoms with Gasteiger partial charge in [0.1, 0.15) is 0 Å². The zero-order valence-electron chi connectivity index (χ0n) is 14.0. The van der Waals surface area contributed by atoms with Gasteiger partial charge in [-0.15, -0.1) is 0 Å². The number of amides is 1. The topological polar surface area (TPSA) is 73.0 Å². The first-order valence-corrected chi connectivity index (χ1v) is 8.05. The number of aromatic amines is 1. The van der Waals surface area contributed by atoms with Crippen LogP contribution in [0, 0.1) is 11.3 Å². The van der Waals surface area contributed by atoms with Crippen molar-refractivity contribution in [3.8, 4) is 0 Å². The van der Waals surface area contributed by atoms with Crippen molar-refractivity contribution in [2.45, 2.75) is 32.7 Å². The third-order valence-corrected chi connectivity index (χ3v) is 5.02. The third-order valence-electron chi connectivity index (χ3n) is 5.02. The summed E-state index contributed by atoms with van der Waals surface area (Å²) in [6, 6.07) is 2.07. The van der Waals surface area contributed by atoms with Crippen molar-refractivity contribution in [3.63, 3.8) is 0 Å². The van der Waals surface area contributed by atoms with Gasteiger partial charge in [0.2, 0.25) is 5.91 Å². The van der Waals surface area contributed by atoms with Gasteiger partial charge in [0.15, 0.2) is 0 Å². The predicted octanol–water partition coefficient (Wildman–Crippen LogP) is 0.475. The summed E-state index contributed by atoms with van der Waals surface area (Å²) in [6.07, 6.45) is 0. The fourth-order valence-electron chi connectivity index (χ4n) is 3.61. The summed E-state index contributed by atoms with van der Waals surface area (Å²) < 4.78 is 0. The lowest BCUT2D eigenvalue weighted by atomic mass is 9.79. The molecule has 0 atom stereocenters. The van der Waals surface area contributed by atoms with E-state index < -0.39 is 0 Å². The van der Waals surface area contributed by atoms with Gasteiger partial charge in [-0.25, -0.2) is 0 Å². The normalized spacial score (nSPS) is 27.9. The van der Waals surface area contributed by atoms with Crippen LogP contribution in [-0.4, -0.2) is 54.2 Å². The number of aromatic nitrogens is 2. The van der Waals surface area contributed by atoms with Crippen LogP contribution in [0.1, 0.15) is 32.2 Å². The number of carbonyl (C=O) groups is 1. The van der Waals surface area contributed by atoms with Crippen molar-refractivity contribution in [3.05, 3.63) is 17.5 Å². The molecule has 1 aromatic heterocycles. The van der Waals surface area contributed by atoms with Gasteiger partial charge in [-0.05, 0) is 6.07 Å². The molecule has 2 saturated heterocycles.